The molecule has 180 valence electrons. The van der Waals surface area contributed by atoms with Gasteiger partial charge in [0.25, 0.3) is 5.91 Å². The van der Waals surface area contributed by atoms with E-state index in [-0.39, 0.29) is 27.0 Å². The summed E-state index contributed by atoms with van der Waals surface area (Å²) in [5.41, 5.74) is 6.99. The van der Waals surface area contributed by atoms with Crippen molar-refractivity contribution < 1.29 is 18.3 Å². The number of aromatic nitrogens is 2. The second kappa shape index (κ2) is 10.8. The molecule has 0 aliphatic carbocycles. The molecule has 7 nitrogen and oxygen atoms in total. The molecule has 10 heteroatoms. The number of nitrogens with zero attached hydrogens (tertiary/aromatic N) is 3. The summed E-state index contributed by atoms with van der Waals surface area (Å²) in [6.07, 6.45) is 8.21. The number of nitrogens with one attached hydrogen (secondary N) is 1. The number of ether oxygens (including phenoxy) is 1. The zero-order chi connectivity index (χ0) is 24.1. The number of nitrogen functional groups attached to an aromatic ring is 1. The first-order chi connectivity index (χ1) is 16.5. The van der Waals surface area contributed by atoms with Crippen LogP contribution in [0.5, 0.6) is 5.75 Å². The third-order valence-corrected chi connectivity index (χ3v) is 6.54. The first-order valence-corrected chi connectivity index (χ1v) is 12.2. The van der Waals surface area contributed by atoms with E-state index in [0.717, 1.165) is 61.9 Å². The molecule has 3 aromatic rings. The smallest absolute Gasteiger partial charge is 0.277 e. The molecule has 0 unspecified atom stereocenters. The van der Waals surface area contributed by atoms with Crippen molar-refractivity contribution in [3.8, 4) is 16.3 Å². The predicted molar refractivity (Wildman–Crippen MR) is 131 cm³/mol. The number of thiazole rings is 1. The van der Waals surface area contributed by atoms with Gasteiger partial charge in [0.1, 0.15) is 15.8 Å². The summed E-state index contributed by atoms with van der Waals surface area (Å²) >= 11 is 0.848. The minimum atomic E-state index is -0.864. The van der Waals surface area contributed by atoms with E-state index < -0.39 is 17.5 Å². The van der Waals surface area contributed by atoms with E-state index >= 15 is 4.39 Å². The number of benzene rings is 1. The minimum absolute atomic E-state index is 0.0268. The number of nitrogens with two attached hydrogens (primary N) is 1. The topological polar surface area (TPSA) is 93.4 Å². The Balaban J connectivity index is 1.59. The van der Waals surface area contributed by atoms with Crippen LogP contribution in [0, 0.1) is 11.6 Å². The van der Waals surface area contributed by atoms with E-state index in [2.05, 4.69) is 20.2 Å². The normalized spacial score (nSPS) is 13.7. The van der Waals surface area contributed by atoms with E-state index in [1.165, 1.54) is 12.5 Å². The largest absolute Gasteiger partial charge is 0.490 e. The van der Waals surface area contributed by atoms with Crippen LogP contribution in [0.15, 0.2) is 30.6 Å². The highest BCUT2D eigenvalue weighted by atomic mass is 32.1. The van der Waals surface area contributed by atoms with Gasteiger partial charge < -0.3 is 20.7 Å². The van der Waals surface area contributed by atoms with Gasteiger partial charge in [0.2, 0.25) is 0 Å². The zero-order valence-corrected chi connectivity index (χ0v) is 19.8. The fourth-order valence-corrected chi connectivity index (χ4v) is 4.71. The Labute approximate surface area is 201 Å². The number of carbonyl (C=O) groups excluding carboxylic acids is 1. The van der Waals surface area contributed by atoms with E-state index in [1.807, 2.05) is 13.0 Å². The standard InChI is InChI=1S/C24H27F2N5O2S/c1-2-3-13-33-18-8-7-15(25)19(20(18)26)24-30-21(22(27)34-24)23(32)29-16-14-28-10-9-17(16)31-11-5-4-6-12-31/h7-10,14H,2-6,11-13,27H2,1H3,(H,29,32). The van der Waals surface area contributed by atoms with E-state index in [4.69, 9.17) is 10.5 Å². The highest BCUT2D eigenvalue weighted by Gasteiger charge is 2.25. The summed E-state index contributed by atoms with van der Waals surface area (Å²) in [6, 6.07) is 4.22. The molecule has 1 aliphatic heterocycles. The van der Waals surface area contributed by atoms with Crippen LogP contribution in [-0.4, -0.2) is 35.6 Å². The second-order valence-electron chi connectivity index (χ2n) is 8.06. The maximum atomic E-state index is 15.0. The number of rotatable bonds is 8. The summed E-state index contributed by atoms with van der Waals surface area (Å²) in [5.74, 6) is -2.30. The van der Waals surface area contributed by atoms with Crippen molar-refractivity contribution in [1.29, 1.82) is 0 Å². The monoisotopic (exact) mass is 487 g/mol. The van der Waals surface area contributed by atoms with Crippen LogP contribution in [-0.2, 0) is 0 Å². The molecule has 0 saturated carbocycles. The molecule has 2 aromatic heterocycles. The molecule has 0 bridgehead atoms. The van der Waals surface area contributed by atoms with Gasteiger partial charge in [0.05, 0.1) is 29.7 Å². The Morgan fingerprint density at radius 3 is 2.79 bits per heavy atom. The Kier molecular flexibility index (Phi) is 7.56. The molecule has 3 heterocycles. The maximum Gasteiger partial charge on any atom is 0.277 e. The lowest BCUT2D eigenvalue weighted by Gasteiger charge is -2.30. The number of pyridine rings is 1. The lowest BCUT2D eigenvalue weighted by molar-refractivity contribution is 0.102. The number of piperidine rings is 1. The van der Waals surface area contributed by atoms with E-state index in [0.29, 0.717) is 12.3 Å². The Hall–Kier alpha value is -3.27. The van der Waals surface area contributed by atoms with Crippen LogP contribution in [0.3, 0.4) is 0 Å². The van der Waals surface area contributed by atoms with Crippen molar-refractivity contribution in [3.63, 3.8) is 0 Å². The highest BCUT2D eigenvalue weighted by Crippen LogP contribution is 2.37. The Morgan fingerprint density at radius 2 is 2.03 bits per heavy atom. The van der Waals surface area contributed by atoms with Crippen molar-refractivity contribution in [1.82, 2.24) is 9.97 Å². The lowest BCUT2D eigenvalue weighted by atomic mass is 10.1. The molecule has 34 heavy (non-hydrogen) atoms. The van der Waals surface area contributed by atoms with Gasteiger partial charge in [-0.1, -0.05) is 24.7 Å². The van der Waals surface area contributed by atoms with Crippen molar-refractivity contribution in [3.05, 3.63) is 47.9 Å². The quantitative estimate of drug-likeness (QED) is 0.408. The van der Waals surface area contributed by atoms with Gasteiger partial charge >= 0.3 is 0 Å². The van der Waals surface area contributed by atoms with Crippen molar-refractivity contribution >= 4 is 33.6 Å². The first kappa shape index (κ1) is 23.9. The minimum Gasteiger partial charge on any atom is -0.490 e. The van der Waals surface area contributed by atoms with Gasteiger partial charge in [-0.05, 0) is 43.9 Å². The third-order valence-electron chi connectivity index (χ3n) is 5.64. The molecular weight excluding hydrogens is 460 g/mol. The summed E-state index contributed by atoms with van der Waals surface area (Å²) in [7, 11) is 0. The molecule has 1 amide bonds. The highest BCUT2D eigenvalue weighted by molar-refractivity contribution is 7.19. The van der Waals surface area contributed by atoms with Gasteiger partial charge in [-0.25, -0.2) is 13.8 Å². The number of hydrogen-bond donors (Lipinski definition) is 2. The average molecular weight is 488 g/mol. The predicted octanol–water partition coefficient (Wildman–Crippen LogP) is 5.49. The maximum absolute atomic E-state index is 15.0. The van der Waals surface area contributed by atoms with E-state index in [9.17, 15) is 9.18 Å². The number of hydrogen-bond acceptors (Lipinski definition) is 7. The molecular formula is C24H27F2N5O2S. The molecule has 1 aromatic carbocycles. The number of unbranched alkanes of at least 4 members (excludes halogenated alkanes) is 1. The van der Waals surface area contributed by atoms with Crippen LogP contribution in [0.25, 0.3) is 10.6 Å². The molecule has 3 N–H and O–H groups in total. The van der Waals surface area contributed by atoms with Crippen molar-refractivity contribution in [2.45, 2.75) is 39.0 Å². The van der Waals surface area contributed by atoms with Crippen LogP contribution < -0.4 is 20.7 Å². The number of amides is 1. The van der Waals surface area contributed by atoms with Crippen molar-refractivity contribution in [2.75, 3.05) is 35.6 Å². The van der Waals surface area contributed by atoms with Gasteiger partial charge in [-0.2, -0.15) is 0 Å². The molecule has 1 aliphatic rings. The van der Waals surface area contributed by atoms with E-state index in [1.54, 1.807) is 12.4 Å². The molecule has 0 spiro atoms. The van der Waals surface area contributed by atoms with Crippen molar-refractivity contribution in [2.24, 2.45) is 0 Å². The molecule has 0 atom stereocenters. The Morgan fingerprint density at radius 1 is 1.24 bits per heavy atom. The lowest BCUT2D eigenvalue weighted by Crippen LogP contribution is -2.30. The van der Waals surface area contributed by atoms with Crippen LogP contribution in [0.2, 0.25) is 0 Å². The summed E-state index contributed by atoms with van der Waals surface area (Å²) in [5, 5.41) is 2.85. The van der Waals surface area contributed by atoms with Gasteiger partial charge in [0.15, 0.2) is 17.3 Å². The summed E-state index contributed by atoms with van der Waals surface area (Å²) < 4.78 is 35.1. The molecule has 0 radical (unpaired) electrons. The number of anilines is 3. The summed E-state index contributed by atoms with van der Waals surface area (Å²) in [4.78, 5) is 23.5. The van der Waals surface area contributed by atoms with Gasteiger partial charge in [0, 0.05) is 19.3 Å². The second-order valence-corrected chi connectivity index (χ2v) is 9.09. The number of carbonyl (C=O) groups is 1. The molecule has 4 rings (SSSR count). The fraction of sp³-hybridized carbons (Fsp3) is 0.375. The fourth-order valence-electron chi connectivity index (χ4n) is 3.84. The van der Waals surface area contributed by atoms with Gasteiger partial charge in [-0.15, -0.1) is 0 Å². The number of halogens is 2. The average Bonchev–Trinajstić information content (AvgIpc) is 3.23. The zero-order valence-electron chi connectivity index (χ0n) is 18.9. The first-order valence-electron chi connectivity index (χ1n) is 11.4. The SMILES string of the molecule is CCCCOc1ccc(F)c(-c2nc(C(=O)Nc3cnccc3N3CCCCC3)c(N)s2)c1F. The molecule has 1 saturated heterocycles. The summed E-state index contributed by atoms with van der Waals surface area (Å²) in [6.45, 7) is 4.09. The van der Waals surface area contributed by atoms with Crippen LogP contribution >= 0.6 is 11.3 Å². The Bertz CT molecular complexity index is 1160. The molecule has 1 fully saturated rings. The van der Waals surface area contributed by atoms with Gasteiger partial charge in [-0.3, -0.25) is 9.78 Å². The van der Waals surface area contributed by atoms with Crippen LogP contribution in [0.4, 0.5) is 25.2 Å². The third kappa shape index (κ3) is 5.11. The van der Waals surface area contributed by atoms with Crippen LogP contribution in [0.1, 0.15) is 49.5 Å².